The Labute approximate surface area is 102 Å². The van der Waals surface area contributed by atoms with E-state index in [2.05, 4.69) is 9.84 Å². The van der Waals surface area contributed by atoms with Crippen LogP contribution >= 0.6 is 0 Å². The summed E-state index contributed by atoms with van der Waals surface area (Å²) in [4.78, 5) is 22.5. The Bertz CT molecular complexity index is 632. The molecule has 0 unspecified atom stereocenters. The summed E-state index contributed by atoms with van der Waals surface area (Å²) < 4.78 is 5.79. The van der Waals surface area contributed by atoms with E-state index in [0.29, 0.717) is 10.9 Å². The fourth-order valence-electron chi connectivity index (χ4n) is 1.65. The van der Waals surface area contributed by atoms with E-state index in [-0.39, 0.29) is 18.0 Å². The second-order valence-corrected chi connectivity index (χ2v) is 3.65. The number of methoxy groups -OCH3 is 1. The van der Waals surface area contributed by atoms with Gasteiger partial charge in [-0.05, 0) is 12.1 Å². The molecule has 0 aliphatic heterocycles. The number of aromatic hydroxyl groups is 1. The molecule has 94 valence electrons. The lowest BCUT2D eigenvalue weighted by Crippen LogP contribution is -2.15. The lowest BCUT2D eigenvalue weighted by atomic mass is 10.2. The first kappa shape index (κ1) is 11.9. The highest BCUT2D eigenvalue weighted by Crippen LogP contribution is 2.23. The molecule has 3 N–H and O–H groups in total. The highest BCUT2D eigenvalue weighted by molar-refractivity contribution is 6.04. The van der Waals surface area contributed by atoms with Crippen molar-refractivity contribution in [2.45, 2.75) is 6.54 Å². The number of carbonyl (C=O) groups is 2. The van der Waals surface area contributed by atoms with E-state index in [9.17, 15) is 14.7 Å². The van der Waals surface area contributed by atoms with Crippen molar-refractivity contribution >= 4 is 22.8 Å². The van der Waals surface area contributed by atoms with E-state index in [1.807, 2.05) is 0 Å². The van der Waals surface area contributed by atoms with Crippen molar-refractivity contribution in [1.29, 1.82) is 0 Å². The van der Waals surface area contributed by atoms with Gasteiger partial charge in [-0.3, -0.25) is 14.3 Å². The molecule has 2 rings (SSSR count). The van der Waals surface area contributed by atoms with Crippen molar-refractivity contribution in [3.05, 3.63) is 23.9 Å². The SMILES string of the molecule is COC(=O)Cn1nc(C(N)=O)c2ccc(O)cc21. The molecule has 0 atom stereocenters. The molecule has 0 fully saturated rings. The summed E-state index contributed by atoms with van der Waals surface area (Å²) in [5.74, 6) is -1.21. The number of esters is 1. The lowest BCUT2D eigenvalue weighted by Gasteiger charge is -2.01. The summed E-state index contributed by atoms with van der Waals surface area (Å²) >= 11 is 0. The molecule has 0 saturated carbocycles. The third-order valence-corrected chi connectivity index (χ3v) is 2.48. The number of nitrogens with two attached hydrogens (primary N) is 1. The molecule has 0 bridgehead atoms. The Morgan fingerprint density at radius 1 is 1.50 bits per heavy atom. The zero-order valence-corrected chi connectivity index (χ0v) is 9.58. The Morgan fingerprint density at radius 3 is 2.83 bits per heavy atom. The second-order valence-electron chi connectivity index (χ2n) is 3.65. The molecule has 2 aromatic rings. The van der Waals surface area contributed by atoms with Gasteiger partial charge in [0.05, 0.1) is 12.6 Å². The van der Waals surface area contributed by atoms with Gasteiger partial charge in [0.1, 0.15) is 12.3 Å². The van der Waals surface area contributed by atoms with Crippen LogP contribution in [-0.2, 0) is 16.1 Å². The minimum atomic E-state index is -0.700. The first-order valence-corrected chi connectivity index (χ1v) is 5.09. The number of ether oxygens (including phenoxy) is 1. The van der Waals surface area contributed by atoms with Gasteiger partial charge in [-0.1, -0.05) is 0 Å². The molecule has 1 aromatic carbocycles. The Kier molecular flexibility index (Phi) is 2.88. The summed E-state index contributed by atoms with van der Waals surface area (Å²) in [6.45, 7) is -0.163. The lowest BCUT2D eigenvalue weighted by molar-refractivity contribution is -0.141. The topological polar surface area (TPSA) is 107 Å². The fraction of sp³-hybridized carbons (Fsp3) is 0.182. The zero-order chi connectivity index (χ0) is 13.3. The Hall–Kier alpha value is -2.57. The van der Waals surface area contributed by atoms with Crippen LogP contribution in [0, 0.1) is 0 Å². The minimum absolute atomic E-state index is 0.00420. The third kappa shape index (κ3) is 1.97. The maximum atomic E-state index is 11.2. The first-order chi connectivity index (χ1) is 8.52. The summed E-state index contributed by atoms with van der Waals surface area (Å²) in [6.07, 6.45) is 0. The molecule has 0 spiro atoms. The van der Waals surface area contributed by atoms with Crippen LogP contribution in [0.25, 0.3) is 10.9 Å². The van der Waals surface area contributed by atoms with Gasteiger partial charge in [-0.2, -0.15) is 5.10 Å². The number of phenols is 1. The molecule has 7 heteroatoms. The molecule has 0 saturated heterocycles. The van der Waals surface area contributed by atoms with Crippen LogP contribution in [0.4, 0.5) is 0 Å². The molecule has 1 heterocycles. The van der Waals surface area contributed by atoms with Gasteiger partial charge in [0.25, 0.3) is 5.91 Å². The van der Waals surface area contributed by atoms with Gasteiger partial charge in [-0.15, -0.1) is 0 Å². The number of carbonyl (C=O) groups excluding carboxylic acids is 2. The number of hydrogen-bond acceptors (Lipinski definition) is 5. The smallest absolute Gasteiger partial charge is 0.327 e. The van der Waals surface area contributed by atoms with Crippen LogP contribution in [0.2, 0.25) is 0 Å². The van der Waals surface area contributed by atoms with Crippen molar-refractivity contribution in [2.75, 3.05) is 7.11 Å². The second kappa shape index (κ2) is 4.36. The number of aromatic nitrogens is 2. The van der Waals surface area contributed by atoms with E-state index in [1.54, 1.807) is 0 Å². The van der Waals surface area contributed by atoms with Crippen molar-refractivity contribution in [3.8, 4) is 5.75 Å². The van der Waals surface area contributed by atoms with E-state index in [4.69, 9.17) is 5.73 Å². The van der Waals surface area contributed by atoms with Crippen molar-refractivity contribution in [2.24, 2.45) is 5.73 Å². The highest BCUT2D eigenvalue weighted by atomic mass is 16.5. The molecule has 0 aliphatic rings. The van der Waals surface area contributed by atoms with Crippen molar-refractivity contribution < 1.29 is 19.4 Å². The van der Waals surface area contributed by atoms with Gasteiger partial charge >= 0.3 is 5.97 Å². The number of benzene rings is 1. The number of rotatable bonds is 3. The molecule has 0 radical (unpaired) electrons. The molecule has 18 heavy (non-hydrogen) atoms. The number of hydrogen-bond donors (Lipinski definition) is 2. The number of primary amides is 1. The van der Waals surface area contributed by atoms with Gasteiger partial charge in [0.15, 0.2) is 5.69 Å². The minimum Gasteiger partial charge on any atom is -0.508 e. The normalized spacial score (nSPS) is 10.5. The summed E-state index contributed by atoms with van der Waals surface area (Å²) in [5, 5.41) is 13.8. The predicted molar refractivity (Wildman–Crippen MR) is 61.9 cm³/mol. The predicted octanol–water partition coefficient (Wildman–Crippen LogP) is 0.0138. The van der Waals surface area contributed by atoms with Crippen LogP contribution in [-0.4, -0.2) is 33.9 Å². The summed E-state index contributed by atoms with van der Waals surface area (Å²) in [5.41, 5.74) is 5.69. The van der Waals surface area contributed by atoms with Gasteiger partial charge in [-0.25, -0.2) is 0 Å². The quantitative estimate of drug-likeness (QED) is 0.745. The van der Waals surface area contributed by atoms with Gasteiger partial charge in [0.2, 0.25) is 0 Å². The monoisotopic (exact) mass is 249 g/mol. The standard InChI is InChI=1S/C11H11N3O4/c1-18-9(16)5-14-8-4-6(15)2-3-7(8)10(13-14)11(12)17/h2-4,15H,5H2,1H3,(H2,12,17). The van der Waals surface area contributed by atoms with E-state index in [1.165, 1.54) is 30.0 Å². The molecule has 7 nitrogen and oxygen atoms in total. The third-order valence-electron chi connectivity index (χ3n) is 2.48. The van der Waals surface area contributed by atoms with Gasteiger partial charge < -0.3 is 15.6 Å². The summed E-state index contributed by atoms with van der Waals surface area (Å²) in [7, 11) is 1.25. The maximum Gasteiger partial charge on any atom is 0.327 e. The first-order valence-electron chi connectivity index (χ1n) is 5.09. The Balaban J connectivity index is 2.61. The Morgan fingerprint density at radius 2 is 2.22 bits per heavy atom. The molecular formula is C11H11N3O4. The fourth-order valence-corrected chi connectivity index (χ4v) is 1.65. The van der Waals surface area contributed by atoms with Crippen LogP contribution < -0.4 is 5.73 Å². The number of phenolic OH excluding ortho intramolecular Hbond substituents is 1. The highest BCUT2D eigenvalue weighted by Gasteiger charge is 2.16. The average Bonchev–Trinajstić information content (AvgIpc) is 2.67. The van der Waals surface area contributed by atoms with Crippen LogP contribution in [0.5, 0.6) is 5.75 Å². The largest absolute Gasteiger partial charge is 0.508 e. The molecule has 1 amide bonds. The average molecular weight is 249 g/mol. The van der Waals surface area contributed by atoms with Crippen LogP contribution in [0.1, 0.15) is 10.5 Å². The maximum absolute atomic E-state index is 11.2. The number of amides is 1. The van der Waals surface area contributed by atoms with Crippen molar-refractivity contribution in [1.82, 2.24) is 9.78 Å². The van der Waals surface area contributed by atoms with Crippen LogP contribution in [0.15, 0.2) is 18.2 Å². The molecule has 0 aliphatic carbocycles. The summed E-state index contributed by atoms with van der Waals surface area (Å²) in [6, 6.07) is 4.34. The number of nitrogens with zero attached hydrogens (tertiary/aromatic N) is 2. The molecular weight excluding hydrogens is 238 g/mol. The zero-order valence-electron chi connectivity index (χ0n) is 9.58. The van der Waals surface area contributed by atoms with Gasteiger partial charge in [0, 0.05) is 11.5 Å². The van der Waals surface area contributed by atoms with E-state index >= 15 is 0 Å². The molecule has 1 aromatic heterocycles. The van der Waals surface area contributed by atoms with E-state index in [0.717, 1.165) is 0 Å². The van der Waals surface area contributed by atoms with Crippen molar-refractivity contribution in [3.63, 3.8) is 0 Å². The number of fused-ring (bicyclic) bond motifs is 1. The van der Waals surface area contributed by atoms with Crippen LogP contribution in [0.3, 0.4) is 0 Å². The van der Waals surface area contributed by atoms with E-state index < -0.39 is 11.9 Å².